The van der Waals surface area contributed by atoms with Gasteiger partial charge in [-0.1, -0.05) is 41.2 Å². The Balaban J connectivity index is 1.54. The van der Waals surface area contributed by atoms with Gasteiger partial charge in [-0.25, -0.2) is 4.79 Å². The molecule has 8 heteroatoms. The highest BCUT2D eigenvalue weighted by Gasteiger charge is 2.11. The normalized spacial score (nSPS) is 10.2. The molecule has 0 aliphatic carbocycles. The summed E-state index contributed by atoms with van der Waals surface area (Å²) in [5.41, 5.74) is 1.74. The van der Waals surface area contributed by atoms with Gasteiger partial charge in [0.25, 0.3) is 0 Å². The van der Waals surface area contributed by atoms with Crippen LogP contribution < -0.4 is 20.1 Å². The third kappa shape index (κ3) is 4.70. The van der Waals surface area contributed by atoms with Crippen molar-refractivity contribution < 1.29 is 14.3 Å². The molecular formula is C18H18N4O3S. The number of rotatable bonds is 6. The van der Waals surface area contributed by atoms with Gasteiger partial charge in [-0.2, -0.15) is 0 Å². The van der Waals surface area contributed by atoms with Gasteiger partial charge in [0.15, 0.2) is 5.01 Å². The lowest BCUT2D eigenvalue weighted by molar-refractivity contribution is 0.262. The zero-order valence-corrected chi connectivity index (χ0v) is 15.2. The average Bonchev–Trinajstić information content (AvgIpc) is 3.09. The number of urea groups is 1. The summed E-state index contributed by atoms with van der Waals surface area (Å²) < 4.78 is 10.9. The molecule has 0 atom stereocenters. The van der Waals surface area contributed by atoms with Crippen LogP contribution in [0.15, 0.2) is 48.5 Å². The average molecular weight is 370 g/mol. The van der Waals surface area contributed by atoms with Crippen molar-refractivity contribution in [2.24, 2.45) is 0 Å². The van der Waals surface area contributed by atoms with Crippen LogP contribution >= 0.6 is 11.3 Å². The second-order valence-electron chi connectivity index (χ2n) is 5.38. The summed E-state index contributed by atoms with van der Waals surface area (Å²) in [6.45, 7) is 2.30. The lowest BCUT2D eigenvalue weighted by Crippen LogP contribution is -2.19. The summed E-state index contributed by atoms with van der Waals surface area (Å²) in [7, 11) is 1.55. The fourth-order valence-electron chi connectivity index (χ4n) is 2.14. The van der Waals surface area contributed by atoms with Crippen LogP contribution in [-0.4, -0.2) is 23.3 Å². The molecule has 1 heterocycles. The van der Waals surface area contributed by atoms with E-state index in [2.05, 4.69) is 20.8 Å². The first kappa shape index (κ1) is 17.7. The van der Waals surface area contributed by atoms with E-state index in [1.165, 1.54) is 16.9 Å². The number of aryl methyl sites for hydroxylation is 1. The van der Waals surface area contributed by atoms with Gasteiger partial charge in [0, 0.05) is 0 Å². The minimum Gasteiger partial charge on any atom is -0.495 e. The van der Waals surface area contributed by atoms with Crippen LogP contribution in [0, 0.1) is 6.92 Å². The topological polar surface area (TPSA) is 85.4 Å². The smallest absolute Gasteiger partial charge is 0.325 e. The number of methoxy groups -OCH3 is 1. The van der Waals surface area contributed by atoms with Crippen LogP contribution in [-0.2, 0) is 6.61 Å². The van der Waals surface area contributed by atoms with Gasteiger partial charge in [-0.05, 0) is 31.2 Å². The van der Waals surface area contributed by atoms with Crippen molar-refractivity contribution in [2.45, 2.75) is 13.5 Å². The zero-order chi connectivity index (χ0) is 18.4. The summed E-state index contributed by atoms with van der Waals surface area (Å²) in [5, 5.41) is 14.4. The van der Waals surface area contributed by atoms with E-state index in [0.717, 1.165) is 5.75 Å². The van der Waals surface area contributed by atoms with Crippen LogP contribution in [0.3, 0.4) is 0 Å². The molecule has 0 bridgehead atoms. The molecule has 0 saturated carbocycles. The van der Waals surface area contributed by atoms with E-state index in [4.69, 9.17) is 9.47 Å². The minimum absolute atomic E-state index is 0.288. The molecule has 1 aromatic heterocycles. The lowest BCUT2D eigenvalue weighted by atomic mass is 10.2. The third-order valence-electron chi connectivity index (χ3n) is 3.43. The molecule has 2 amide bonds. The van der Waals surface area contributed by atoms with E-state index in [0.29, 0.717) is 21.6 Å². The Morgan fingerprint density at radius 2 is 1.85 bits per heavy atom. The number of amides is 2. The lowest BCUT2D eigenvalue weighted by Gasteiger charge is -2.09. The largest absolute Gasteiger partial charge is 0.495 e. The molecule has 26 heavy (non-hydrogen) atoms. The Kier molecular flexibility index (Phi) is 5.65. The van der Waals surface area contributed by atoms with Crippen molar-refractivity contribution in [1.29, 1.82) is 0 Å². The van der Waals surface area contributed by atoms with Gasteiger partial charge in [0.05, 0.1) is 12.8 Å². The highest BCUT2D eigenvalue weighted by atomic mass is 32.1. The molecule has 3 aromatic rings. The Morgan fingerprint density at radius 1 is 1.08 bits per heavy atom. The van der Waals surface area contributed by atoms with Crippen molar-refractivity contribution in [1.82, 2.24) is 10.2 Å². The van der Waals surface area contributed by atoms with Crippen molar-refractivity contribution in [3.8, 4) is 11.5 Å². The van der Waals surface area contributed by atoms with E-state index in [1.54, 1.807) is 19.2 Å². The molecule has 7 nitrogen and oxygen atoms in total. The van der Waals surface area contributed by atoms with Gasteiger partial charge < -0.3 is 14.8 Å². The number of hydrogen-bond donors (Lipinski definition) is 2. The van der Waals surface area contributed by atoms with E-state index in [9.17, 15) is 4.79 Å². The standard InChI is InChI=1S/C18H18N4O3S/c1-12-7-9-13(10-8-12)25-11-16-21-22-18(26-16)20-17(23)19-14-5-3-4-6-15(14)24-2/h3-10H,11H2,1-2H3,(H2,19,20,22,23). The fraction of sp³-hybridized carbons (Fsp3) is 0.167. The maximum absolute atomic E-state index is 12.1. The highest BCUT2D eigenvalue weighted by Crippen LogP contribution is 2.24. The number of nitrogens with one attached hydrogen (secondary N) is 2. The van der Waals surface area contributed by atoms with Crippen molar-refractivity contribution in [3.63, 3.8) is 0 Å². The Morgan fingerprint density at radius 3 is 2.62 bits per heavy atom. The van der Waals surface area contributed by atoms with Crippen LogP contribution in [0.4, 0.5) is 15.6 Å². The maximum atomic E-state index is 12.1. The number of carbonyl (C=O) groups excluding carboxylic acids is 1. The van der Waals surface area contributed by atoms with Crippen LogP contribution in [0.2, 0.25) is 0 Å². The molecule has 0 radical (unpaired) electrons. The van der Waals surface area contributed by atoms with Gasteiger partial charge in [-0.15, -0.1) is 10.2 Å². The van der Waals surface area contributed by atoms with E-state index >= 15 is 0 Å². The Hall–Kier alpha value is -3.13. The molecule has 3 rings (SSSR count). The van der Waals surface area contributed by atoms with E-state index in [1.807, 2.05) is 43.3 Å². The number of para-hydroxylation sites is 2. The van der Waals surface area contributed by atoms with Gasteiger partial charge in [0.1, 0.15) is 18.1 Å². The summed E-state index contributed by atoms with van der Waals surface area (Å²) in [6.07, 6.45) is 0. The first-order chi connectivity index (χ1) is 12.6. The summed E-state index contributed by atoms with van der Waals surface area (Å²) in [4.78, 5) is 12.1. The third-order valence-corrected chi connectivity index (χ3v) is 4.24. The van der Waals surface area contributed by atoms with Crippen LogP contribution in [0.5, 0.6) is 11.5 Å². The Labute approximate surface area is 155 Å². The molecule has 0 aliphatic heterocycles. The summed E-state index contributed by atoms with van der Waals surface area (Å²) in [6, 6.07) is 14.5. The number of nitrogens with zero attached hydrogens (tertiary/aromatic N) is 2. The van der Waals surface area contributed by atoms with Gasteiger partial charge in [0.2, 0.25) is 5.13 Å². The predicted molar refractivity (Wildman–Crippen MR) is 101 cm³/mol. The molecular weight excluding hydrogens is 352 g/mol. The molecule has 2 aromatic carbocycles. The maximum Gasteiger partial charge on any atom is 0.325 e. The number of anilines is 2. The SMILES string of the molecule is COc1ccccc1NC(=O)Nc1nnc(COc2ccc(C)cc2)s1. The second kappa shape index (κ2) is 8.30. The molecule has 0 spiro atoms. The molecule has 0 fully saturated rings. The molecule has 0 aliphatic rings. The summed E-state index contributed by atoms with van der Waals surface area (Å²) in [5.74, 6) is 1.33. The quantitative estimate of drug-likeness (QED) is 0.683. The monoisotopic (exact) mass is 370 g/mol. The number of ether oxygens (including phenoxy) is 2. The first-order valence-corrected chi connectivity index (χ1v) is 8.68. The van der Waals surface area contributed by atoms with Crippen molar-refractivity contribution in [3.05, 3.63) is 59.1 Å². The van der Waals surface area contributed by atoms with E-state index < -0.39 is 6.03 Å². The van der Waals surface area contributed by atoms with Crippen LogP contribution in [0.1, 0.15) is 10.6 Å². The number of benzene rings is 2. The van der Waals surface area contributed by atoms with Crippen molar-refractivity contribution >= 4 is 28.2 Å². The number of aromatic nitrogens is 2. The zero-order valence-electron chi connectivity index (χ0n) is 14.4. The minimum atomic E-state index is -0.420. The van der Waals surface area contributed by atoms with Crippen molar-refractivity contribution in [2.75, 3.05) is 17.7 Å². The number of carbonyl (C=O) groups is 1. The van der Waals surface area contributed by atoms with Gasteiger partial charge >= 0.3 is 6.03 Å². The fourth-order valence-corrected chi connectivity index (χ4v) is 2.79. The Bertz CT molecular complexity index is 880. The first-order valence-electron chi connectivity index (χ1n) is 7.87. The highest BCUT2D eigenvalue weighted by molar-refractivity contribution is 7.15. The molecule has 0 saturated heterocycles. The molecule has 0 unspecified atom stereocenters. The molecule has 2 N–H and O–H groups in total. The molecule has 134 valence electrons. The second-order valence-corrected chi connectivity index (χ2v) is 6.44. The van der Waals surface area contributed by atoms with E-state index in [-0.39, 0.29) is 6.61 Å². The number of hydrogen-bond acceptors (Lipinski definition) is 6. The van der Waals surface area contributed by atoms with Crippen LogP contribution in [0.25, 0.3) is 0 Å². The summed E-state index contributed by atoms with van der Waals surface area (Å²) >= 11 is 1.25. The predicted octanol–water partition coefficient (Wildman–Crippen LogP) is 4.08. The van der Waals surface area contributed by atoms with Gasteiger partial charge in [-0.3, -0.25) is 5.32 Å².